The monoisotopic (exact) mass is 382 g/mol. The second kappa shape index (κ2) is 6.10. The van der Waals surface area contributed by atoms with E-state index in [0.29, 0.717) is 33.3 Å². The Morgan fingerprint density at radius 2 is 1.78 bits per heavy atom. The summed E-state index contributed by atoms with van der Waals surface area (Å²) in [5.41, 5.74) is 1.66. The molecule has 0 saturated carbocycles. The van der Waals surface area contributed by atoms with Gasteiger partial charge in [0.25, 0.3) is 15.9 Å². The highest BCUT2D eigenvalue weighted by atomic mass is 32.2. The van der Waals surface area contributed by atoms with Crippen LogP contribution in [0.5, 0.6) is 0 Å². The van der Waals surface area contributed by atoms with Crippen molar-refractivity contribution in [3.8, 4) is 0 Å². The minimum atomic E-state index is -3.91. The summed E-state index contributed by atoms with van der Waals surface area (Å²) in [5, 5.41) is 3.77. The van der Waals surface area contributed by atoms with Gasteiger partial charge in [0.1, 0.15) is 0 Å². The van der Waals surface area contributed by atoms with Crippen molar-refractivity contribution in [3.63, 3.8) is 0 Å². The molecular weight excluding hydrogens is 368 g/mol. The van der Waals surface area contributed by atoms with Gasteiger partial charge in [-0.1, -0.05) is 12.1 Å². The van der Waals surface area contributed by atoms with E-state index in [1.807, 2.05) is 0 Å². The molecule has 0 radical (unpaired) electrons. The molecule has 0 saturated heterocycles. The van der Waals surface area contributed by atoms with Crippen molar-refractivity contribution >= 4 is 44.0 Å². The Hall–Kier alpha value is -3.39. The van der Waals surface area contributed by atoms with E-state index in [4.69, 9.17) is 0 Å². The minimum absolute atomic E-state index is 0.0663. The molecule has 1 heterocycles. The fourth-order valence-corrected chi connectivity index (χ4v) is 4.36. The first kappa shape index (κ1) is 17.0. The average molecular weight is 382 g/mol. The van der Waals surface area contributed by atoms with Gasteiger partial charge in [-0.25, -0.2) is 13.2 Å². The molecule has 3 aromatic rings. The van der Waals surface area contributed by atoms with Gasteiger partial charge in [0, 0.05) is 27.7 Å². The Labute approximate surface area is 155 Å². The van der Waals surface area contributed by atoms with E-state index >= 15 is 0 Å². The van der Waals surface area contributed by atoms with E-state index in [2.05, 4.69) is 14.8 Å². The van der Waals surface area contributed by atoms with Crippen molar-refractivity contribution < 1.29 is 22.7 Å². The molecule has 0 aromatic heterocycles. The Balaban J connectivity index is 1.74. The second-order valence-electron chi connectivity index (χ2n) is 5.97. The van der Waals surface area contributed by atoms with Crippen molar-refractivity contribution in [2.75, 3.05) is 17.1 Å². The maximum absolute atomic E-state index is 12.9. The van der Waals surface area contributed by atoms with Gasteiger partial charge in [-0.05, 0) is 42.5 Å². The SMILES string of the molecule is COC(=O)c1ccc(NS(=O)(=O)c2ccc3c4c(cccc24)C(=O)N3)cc1. The first-order valence-corrected chi connectivity index (χ1v) is 9.47. The number of carbonyl (C=O) groups excluding carboxylic acids is 2. The highest BCUT2D eigenvalue weighted by Gasteiger charge is 2.26. The van der Waals surface area contributed by atoms with E-state index < -0.39 is 16.0 Å². The largest absolute Gasteiger partial charge is 0.465 e. The summed E-state index contributed by atoms with van der Waals surface area (Å²) >= 11 is 0. The third kappa shape index (κ3) is 2.80. The summed E-state index contributed by atoms with van der Waals surface area (Å²) < 4.78 is 32.9. The van der Waals surface area contributed by atoms with Crippen molar-refractivity contribution in [2.24, 2.45) is 0 Å². The topological polar surface area (TPSA) is 102 Å². The predicted octanol–water partition coefficient (Wildman–Crippen LogP) is 2.99. The highest BCUT2D eigenvalue weighted by molar-refractivity contribution is 7.93. The van der Waals surface area contributed by atoms with Crippen molar-refractivity contribution in [2.45, 2.75) is 4.90 Å². The zero-order valence-corrected chi connectivity index (χ0v) is 15.0. The van der Waals surface area contributed by atoms with Gasteiger partial charge < -0.3 is 10.1 Å². The van der Waals surface area contributed by atoms with Crippen LogP contribution in [0.15, 0.2) is 59.5 Å². The number of hydrogen-bond acceptors (Lipinski definition) is 5. The van der Waals surface area contributed by atoms with Gasteiger partial charge in [-0.15, -0.1) is 0 Å². The molecule has 7 nitrogen and oxygen atoms in total. The number of methoxy groups -OCH3 is 1. The fourth-order valence-electron chi connectivity index (χ4n) is 3.10. The molecule has 0 unspecified atom stereocenters. The lowest BCUT2D eigenvalue weighted by Gasteiger charge is -2.11. The van der Waals surface area contributed by atoms with Crippen LogP contribution in [0.4, 0.5) is 11.4 Å². The van der Waals surface area contributed by atoms with E-state index in [0.717, 1.165) is 0 Å². The fraction of sp³-hybridized carbons (Fsp3) is 0.0526. The van der Waals surface area contributed by atoms with Crippen LogP contribution in [-0.4, -0.2) is 27.4 Å². The molecule has 27 heavy (non-hydrogen) atoms. The number of nitrogens with one attached hydrogen (secondary N) is 2. The zero-order valence-electron chi connectivity index (χ0n) is 14.1. The number of ether oxygens (including phenoxy) is 1. The van der Waals surface area contributed by atoms with Crippen LogP contribution in [0, 0.1) is 0 Å². The molecule has 2 N–H and O–H groups in total. The van der Waals surface area contributed by atoms with Crippen LogP contribution in [0.3, 0.4) is 0 Å². The molecule has 0 spiro atoms. The molecule has 8 heteroatoms. The molecule has 0 fully saturated rings. The Morgan fingerprint density at radius 1 is 1.04 bits per heavy atom. The van der Waals surface area contributed by atoms with Crippen LogP contribution in [0.25, 0.3) is 10.8 Å². The standard InChI is InChI=1S/C19H14N2O5S/c1-26-19(23)11-5-7-12(8-6-11)21-27(24,25)16-10-9-15-17-13(16)3-2-4-14(17)18(22)20-15/h2-10,21H,1H3,(H,20,22). The number of hydrogen-bond donors (Lipinski definition) is 2. The van der Waals surface area contributed by atoms with Gasteiger partial charge in [0.15, 0.2) is 0 Å². The maximum Gasteiger partial charge on any atom is 0.337 e. The van der Waals surface area contributed by atoms with Crippen LogP contribution in [0.1, 0.15) is 20.7 Å². The van der Waals surface area contributed by atoms with Crippen molar-refractivity contribution in [1.82, 2.24) is 0 Å². The lowest BCUT2D eigenvalue weighted by Crippen LogP contribution is -2.13. The molecule has 1 aliphatic heterocycles. The van der Waals surface area contributed by atoms with Gasteiger partial charge in [0.2, 0.25) is 0 Å². The quantitative estimate of drug-likeness (QED) is 0.676. The van der Waals surface area contributed by atoms with Gasteiger partial charge >= 0.3 is 5.97 Å². The molecule has 1 amide bonds. The number of amides is 1. The average Bonchev–Trinajstić information content (AvgIpc) is 2.99. The van der Waals surface area contributed by atoms with Crippen LogP contribution < -0.4 is 10.0 Å². The molecular formula is C19H14N2O5S. The van der Waals surface area contributed by atoms with Crippen LogP contribution >= 0.6 is 0 Å². The van der Waals surface area contributed by atoms with Crippen LogP contribution in [-0.2, 0) is 14.8 Å². The third-order valence-corrected chi connectivity index (χ3v) is 5.78. The molecule has 3 aromatic carbocycles. The Kier molecular flexibility index (Phi) is 3.85. The molecule has 0 aliphatic carbocycles. The van der Waals surface area contributed by atoms with E-state index in [-0.39, 0.29) is 10.8 Å². The van der Waals surface area contributed by atoms with Crippen molar-refractivity contribution in [3.05, 3.63) is 65.7 Å². The maximum atomic E-state index is 12.9. The number of sulfonamides is 1. The molecule has 136 valence electrons. The highest BCUT2D eigenvalue weighted by Crippen LogP contribution is 2.36. The number of esters is 1. The minimum Gasteiger partial charge on any atom is -0.465 e. The van der Waals surface area contributed by atoms with Gasteiger partial charge in [-0.2, -0.15) is 0 Å². The third-order valence-electron chi connectivity index (χ3n) is 4.34. The summed E-state index contributed by atoms with van der Waals surface area (Å²) in [6.07, 6.45) is 0. The lowest BCUT2D eigenvalue weighted by atomic mass is 10.1. The summed E-state index contributed by atoms with van der Waals surface area (Å²) in [5.74, 6) is -0.759. The Morgan fingerprint density at radius 3 is 2.48 bits per heavy atom. The second-order valence-corrected chi connectivity index (χ2v) is 7.62. The first-order valence-electron chi connectivity index (χ1n) is 7.99. The Bertz CT molecular complexity index is 1200. The van der Waals surface area contributed by atoms with E-state index in [1.165, 1.54) is 37.4 Å². The zero-order chi connectivity index (χ0) is 19.2. The first-order chi connectivity index (χ1) is 12.9. The number of anilines is 2. The normalized spacial score (nSPS) is 12.7. The number of rotatable bonds is 4. The summed E-state index contributed by atoms with van der Waals surface area (Å²) in [7, 11) is -2.64. The predicted molar refractivity (Wildman–Crippen MR) is 100 cm³/mol. The smallest absolute Gasteiger partial charge is 0.337 e. The van der Waals surface area contributed by atoms with E-state index in [1.54, 1.807) is 24.3 Å². The number of carbonyl (C=O) groups is 2. The molecule has 0 bridgehead atoms. The summed E-state index contributed by atoms with van der Waals surface area (Å²) in [4.78, 5) is 23.5. The van der Waals surface area contributed by atoms with Gasteiger partial charge in [-0.3, -0.25) is 9.52 Å². The van der Waals surface area contributed by atoms with Gasteiger partial charge in [0.05, 0.1) is 17.6 Å². The lowest BCUT2D eigenvalue weighted by molar-refractivity contribution is 0.0600. The summed E-state index contributed by atoms with van der Waals surface area (Å²) in [6, 6.07) is 13.9. The number of benzene rings is 3. The molecule has 1 aliphatic rings. The van der Waals surface area contributed by atoms with Crippen molar-refractivity contribution in [1.29, 1.82) is 0 Å². The van der Waals surface area contributed by atoms with Crippen LogP contribution in [0.2, 0.25) is 0 Å². The molecule has 0 atom stereocenters. The molecule has 4 rings (SSSR count). The summed E-state index contributed by atoms with van der Waals surface area (Å²) in [6.45, 7) is 0. The van der Waals surface area contributed by atoms with E-state index in [9.17, 15) is 18.0 Å².